The minimum absolute atomic E-state index is 0.213. The standard InChI is InChI=1S/C17H12ClN5OS/c1-9-4-10(6-12(24)5-9)8-19-17-23-22-16(25-17)11-2-3-13-14(7-11)20-21-15(13)18/h2-8,24H,1H3,(H,20,21)/b19-8+. The van der Waals surface area contributed by atoms with Gasteiger partial charge in [0.1, 0.15) is 15.9 Å². The molecule has 0 radical (unpaired) electrons. The molecule has 2 N–H and O–H groups in total. The predicted molar refractivity (Wildman–Crippen MR) is 100 cm³/mol. The van der Waals surface area contributed by atoms with Gasteiger partial charge in [0.2, 0.25) is 5.13 Å². The van der Waals surface area contributed by atoms with Crippen LogP contribution >= 0.6 is 22.9 Å². The fraction of sp³-hybridized carbons (Fsp3) is 0.0588. The van der Waals surface area contributed by atoms with Crippen molar-refractivity contribution in [1.82, 2.24) is 20.4 Å². The van der Waals surface area contributed by atoms with E-state index in [0.717, 1.165) is 32.6 Å². The third kappa shape index (κ3) is 3.24. The van der Waals surface area contributed by atoms with Crippen LogP contribution in [0, 0.1) is 6.92 Å². The lowest BCUT2D eigenvalue weighted by Crippen LogP contribution is -1.82. The molecule has 0 spiro atoms. The SMILES string of the molecule is Cc1cc(O)cc(/C=N/c2nnc(-c3ccc4c(Cl)[nH]nc4c3)s2)c1. The van der Waals surface area contributed by atoms with Gasteiger partial charge in [0.05, 0.1) is 5.52 Å². The van der Waals surface area contributed by atoms with Gasteiger partial charge in [0, 0.05) is 17.2 Å². The lowest BCUT2D eigenvalue weighted by Gasteiger charge is -1.97. The van der Waals surface area contributed by atoms with Crippen LogP contribution in [0.15, 0.2) is 41.4 Å². The molecule has 124 valence electrons. The van der Waals surface area contributed by atoms with Crippen molar-refractivity contribution in [3.63, 3.8) is 0 Å². The molecule has 0 aliphatic carbocycles. The van der Waals surface area contributed by atoms with E-state index in [1.807, 2.05) is 31.2 Å². The Labute approximate surface area is 151 Å². The zero-order chi connectivity index (χ0) is 17.4. The normalized spacial score (nSPS) is 11.6. The third-order valence-electron chi connectivity index (χ3n) is 3.58. The molecule has 0 bridgehead atoms. The Morgan fingerprint density at radius 1 is 1.20 bits per heavy atom. The van der Waals surface area contributed by atoms with Crippen LogP contribution in [0.4, 0.5) is 5.13 Å². The number of phenols is 1. The maximum Gasteiger partial charge on any atom is 0.231 e. The highest BCUT2D eigenvalue weighted by Gasteiger charge is 2.09. The van der Waals surface area contributed by atoms with Gasteiger partial charge < -0.3 is 5.11 Å². The first-order valence-electron chi connectivity index (χ1n) is 7.41. The third-order valence-corrected chi connectivity index (χ3v) is 4.75. The minimum Gasteiger partial charge on any atom is -0.508 e. The molecule has 2 aromatic carbocycles. The summed E-state index contributed by atoms with van der Waals surface area (Å²) >= 11 is 7.39. The molecule has 6 nitrogen and oxygen atoms in total. The number of aromatic amines is 1. The molecule has 0 saturated carbocycles. The van der Waals surface area contributed by atoms with Crippen molar-refractivity contribution in [2.45, 2.75) is 6.92 Å². The summed E-state index contributed by atoms with van der Waals surface area (Å²) in [4.78, 5) is 4.34. The molecular formula is C17H12ClN5OS. The summed E-state index contributed by atoms with van der Waals surface area (Å²) in [6, 6.07) is 11.0. The van der Waals surface area contributed by atoms with E-state index in [1.165, 1.54) is 11.3 Å². The van der Waals surface area contributed by atoms with E-state index in [9.17, 15) is 5.11 Å². The molecule has 0 unspecified atom stereocenters. The fourth-order valence-corrected chi connectivity index (χ4v) is 3.38. The number of aromatic hydroxyl groups is 1. The Morgan fingerprint density at radius 2 is 2.08 bits per heavy atom. The summed E-state index contributed by atoms with van der Waals surface area (Å²) in [6.45, 7) is 1.91. The number of halogens is 1. The quantitative estimate of drug-likeness (QED) is 0.520. The van der Waals surface area contributed by atoms with Gasteiger partial charge in [0.25, 0.3) is 0 Å². The molecule has 0 atom stereocenters. The number of fused-ring (bicyclic) bond motifs is 1. The van der Waals surface area contributed by atoms with Crippen molar-refractivity contribution in [1.29, 1.82) is 0 Å². The van der Waals surface area contributed by atoms with E-state index < -0.39 is 0 Å². The van der Waals surface area contributed by atoms with E-state index in [-0.39, 0.29) is 5.75 Å². The summed E-state index contributed by atoms with van der Waals surface area (Å²) in [6.07, 6.45) is 1.66. The fourth-order valence-electron chi connectivity index (χ4n) is 2.49. The molecule has 0 aliphatic rings. The zero-order valence-corrected chi connectivity index (χ0v) is 14.6. The number of hydrogen-bond donors (Lipinski definition) is 2. The van der Waals surface area contributed by atoms with E-state index in [1.54, 1.807) is 18.3 Å². The van der Waals surface area contributed by atoms with Crippen LogP contribution in [-0.2, 0) is 0 Å². The second-order valence-electron chi connectivity index (χ2n) is 5.52. The Morgan fingerprint density at radius 3 is 2.92 bits per heavy atom. The first kappa shape index (κ1) is 15.7. The molecule has 2 aromatic heterocycles. The molecule has 0 aliphatic heterocycles. The molecule has 4 aromatic rings. The van der Waals surface area contributed by atoms with Crippen LogP contribution < -0.4 is 0 Å². The highest BCUT2D eigenvalue weighted by atomic mass is 35.5. The number of phenolic OH excluding ortho intramolecular Hbond substituents is 1. The minimum atomic E-state index is 0.213. The van der Waals surface area contributed by atoms with E-state index in [0.29, 0.717) is 10.3 Å². The lowest BCUT2D eigenvalue weighted by atomic mass is 10.1. The number of aliphatic imine (C=N–C) groups is 1. The second kappa shape index (κ2) is 6.27. The Balaban J connectivity index is 1.61. The van der Waals surface area contributed by atoms with Gasteiger partial charge in [-0.05, 0) is 42.3 Å². The Bertz CT molecular complexity index is 1080. The van der Waals surface area contributed by atoms with Gasteiger partial charge in [0.15, 0.2) is 0 Å². The van der Waals surface area contributed by atoms with Crippen LogP contribution in [0.1, 0.15) is 11.1 Å². The summed E-state index contributed by atoms with van der Waals surface area (Å²) in [5.41, 5.74) is 3.45. The van der Waals surface area contributed by atoms with Crippen LogP contribution in [-0.4, -0.2) is 31.7 Å². The number of rotatable bonds is 3. The highest BCUT2D eigenvalue weighted by molar-refractivity contribution is 7.18. The molecule has 2 heterocycles. The van der Waals surface area contributed by atoms with Gasteiger partial charge in [-0.25, -0.2) is 4.99 Å². The number of benzene rings is 2. The number of H-pyrrole nitrogens is 1. The van der Waals surface area contributed by atoms with Crippen LogP contribution in [0.2, 0.25) is 5.15 Å². The number of hydrogen-bond acceptors (Lipinski definition) is 6. The molecule has 0 fully saturated rings. The topological polar surface area (TPSA) is 87.0 Å². The van der Waals surface area contributed by atoms with Gasteiger partial charge in [-0.1, -0.05) is 35.1 Å². The summed E-state index contributed by atoms with van der Waals surface area (Å²) in [5.74, 6) is 0.213. The highest BCUT2D eigenvalue weighted by Crippen LogP contribution is 2.31. The average molecular weight is 370 g/mol. The van der Waals surface area contributed by atoms with Crippen molar-refractivity contribution in [3.8, 4) is 16.3 Å². The van der Waals surface area contributed by atoms with E-state index in [2.05, 4.69) is 25.4 Å². The van der Waals surface area contributed by atoms with Crippen molar-refractivity contribution in [2.75, 3.05) is 0 Å². The number of nitrogens with zero attached hydrogens (tertiary/aromatic N) is 4. The lowest BCUT2D eigenvalue weighted by molar-refractivity contribution is 0.475. The first-order chi connectivity index (χ1) is 12.1. The molecule has 25 heavy (non-hydrogen) atoms. The second-order valence-corrected chi connectivity index (χ2v) is 6.85. The van der Waals surface area contributed by atoms with Crippen LogP contribution in [0.3, 0.4) is 0 Å². The number of aryl methyl sites for hydroxylation is 1. The molecule has 8 heteroatoms. The summed E-state index contributed by atoms with van der Waals surface area (Å²) in [7, 11) is 0. The van der Waals surface area contributed by atoms with Gasteiger partial charge in [-0.3, -0.25) is 5.10 Å². The summed E-state index contributed by atoms with van der Waals surface area (Å²) < 4.78 is 0. The van der Waals surface area contributed by atoms with Crippen molar-refractivity contribution in [3.05, 3.63) is 52.7 Å². The zero-order valence-electron chi connectivity index (χ0n) is 13.1. The maximum atomic E-state index is 9.63. The summed E-state index contributed by atoms with van der Waals surface area (Å²) in [5, 5.41) is 27.5. The van der Waals surface area contributed by atoms with E-state index >= 15 is 0 Å². The predicted octanol–water partition coefficient (Wildman–Crippen LogP) is 4.50. The van der Waals surface area contributed by atoms with Gasteiger partial charge in [-0.2, -0.15) is 5.10 Å². The van der Waals surface area contributed by atoms with Crippen LogP contribution in [0.25, 0.3) is 21.5 Å². The van der Waals surface area contributed by atoms with Crippen LogP contribution in [0.5, 0.6) is 5.75 Å². The smallest absolute Gasteiger partial charge is 0.231 e. The van der Waals surface area contributed by atoms with Gasteiger partial charge in [-0.15, -0.1) is 10.2 Å². The first-order valence-corrected chi connectivity index (χ1v) is 8.60. The van der Waals surface area contributed by atoms with Crippen molar-refractivity contribution in [2.24, 2.45) is 4.99 Å². The van der Waals surface area contributed by atoms with Gasteiger partial charge >= 0.3 is 0 Å². The van der Waals surface area contributed by atoms with Crippen molar-refractivity contribution >= 4 is 45.2 Å². The van der Waals surface area contributed by atoms with Crippen molar-refractivity contribution < 1.29 is 5.11 Å². The molecule has 4 rings (SSSR count). The molecule has 0 saturated heterocycles. The number of nitrogens with one attached hydrogen (secondary N) is 1. The number of aromatic nitrogens is 4. The molecular weight excluding hydrogens is 358 g/mol. The monoisotopic (exact) mass is 369 g/mol. The largest absolute Gasteiger partial charge is 0.508 e. The molecule has 0 amide bonds. The Hall–Kier alpha value is -2.77. The van der Waals surface area contributed by atoms with E-state index in [4.69, 9.17) is 11.6 Å². The maximum absolute atomic E-state index is 9.63. The Kier molecular flexibility index (Phi) is 3.95. The average Bonchev–Trinajstić information content (AvgIpc) is 3.19.